The van der Waals surface area contributed by atoms with Crippen molar-refractivity contribution in [1.29, 1.82) is 0 Å². The number of nitrogens with one attached hydrogen (secondary N) is 2. The summed E-state index contributed by atoms with van der Waals surface area (Å²) in [5.41, 5.74) is 5.22. The molecule has 0 saturated carbocycles. The van der Waals surface area contributed by atoms with Crippen molar-refractivity contribution < 1.29 is 18.4 Å². The van der Waals surface area contributed by atoms with Gasteiger partial charge in [0.25, 0.3) is 5.91 Å². The third-order valence-electron chi connectivity index (χ3n) is 3.52. The highest BCUT2D eigenvalue weighted by Crippen LogP contribution is 2.21. The Bertz CT molecular complexity index is 992. The first-order chi connectivity index (χ1) is 13.4. The largest absolute Gasteiger partial charge is 0.335 e. The van der Waals surface area contributed by atoms with Gasteiger partial charge in [0.15, 0.2) is 5.82 Å². The Balaban J connectivity index is 1.53. The zero-order valence-corrected chi connectivity index (χ0v) is 15.0. The van der Waals surface area contributed by atoms with Gasteiger partial charge in [-0.05, 0) is 48.5 Å². The van der Waals surface area contributed by atoms with Crippen LogP contribution in [0.15, 0.2) is 53.7 Å². The Hall–Kier alpha value is -3.47. The molecular formula is C17H14F2N6O2S. The number of hydrogen-bond donors (Lipinski definition) is 3. The van der Waals surface area contributed by atoms with Crippen LogP contribution in [0, 0.1) is 11.6 Å². The fourth-order valence-corrected chi connectivity index (χ4v) is 2.79. The molecule has 0 fully saturated rings. The molecule has 0 aliphatic rings. The number of amides is 2. The fraction of sp³-hybridized carbons (Fsp3) is 0.0588. The van der Waals surface area contributed by atoms with Gasteiger partial charge in [0, 0.05) is 11.1 Å². The standard InChI is InChI=1S/C17H14F2N6O2S/c18-12-5-1-10(2-6-12)15-22-24-17(25(15)20)28-9-14(26)21-23-16(27)11-3-7-13(19)8-4-11/h1-8H,9,20H2,(H,21,26)(H,23,27). The molecule has 0 spiro atoms. The van der Waals surface area contributed by atoms with Crippen LogP contribution in [0.2, 0.25) is 0 Å². The Morgan fingerprint density at radius 2 is 1.57 bits per heavy atom. The zero-order valence-electron chi connectivity index (χ0n) is 14.2. The van der Waals surface area contributed by atoms with Gasteiger partial charge in [-0.25, -0.2) is 13.5 Å². The van der Waals surface area contributed by atoms with E-state index in [0.717, 1.165) is 23.9 Å². The lowest BCUT2D eigenvalue weighted by atomic mass is 10.2. The summed E-state index contributed by atoms with van der Waals surface area (Å²) < 4.78 is 27.0. The van der Waals surface area contributed by atoms with E-state index in [1.807, 2.05) is 0 Å². The number of aromatic nitrogens is 3. The lowest BCUT2D eigenvalue weighted by Crippen LogP contribution is -2.42. The van der Waals surface area contributed by atoms with E-state index in [4.69, 9.17) is 5.84 Å². The van der Waals surface area contributed by atoms with Gasteiger partial charge in [0.2, 0.25) is 11.1 Å². The van der Waals surface area contributed by atoms with E-state index in [0.29, 0.717) is 11.4 Å². The molecule has 0 unspecified atom stereocenters. The number of nitrogens with zero attached hydrogens (tertiary/aromatic N) is 3. The van der Waals surface area contributed by atoms with Gasteiger partial charge >= 0.3 is 0 Å². The monoisotopic (exact) mass is 404 g/mol. The van der Waals surface area contributed by atoms with Crippen LogP contribution in [0.25, 0.3) is 11.4 Å². The molecule has 144 valence electrons. The molecule has 0 atom stereocenters. The number of carbonyl (C=O) groups excluding carboxylic acids is 2. The molecule has 0 radical (unpaired) electrons. The maximum atomic E-state index is 13.0. The van der Waals surface area contributed by atoms with Crippen LogP contribution in [0.1, 0.15) is 10.4 Å². The first-order valence-electron chi connectivity index (χ1n) is 7.88. The van der Waals surface area contributed by atoms with Crippen molar-refractivity contribution in [2.75, 3.05) is 11.6 Å². The number of nitrogen functional groups attached to an aromatic ring is 1. The zero-order chi connectivity index (χ0) is 20.1. The van der Waals surface area contributed by atoms with E-state index in [-0.39, 0.29) is 22.3 Å². The topological polar surface area (TPSA) is 115 Å². The molecule has 0 saturated heterocycles. The van der Waals surface area contributed by atoms with Crippen molar-refractivity contribution >= 4 is 23.6 Å². The number of halogens is 2. The molecule has 11 heteroatoms. The second-order valence-electron chi connectivity index (χ2n) is 5.48. The van der Waals surface area contributed by atoms with Gasteiger partial charge in [0.1, 0.15) is 11.6 Å². The summed E-state index contributed by atoms with van der Waals surface area (Å²) >= 11 is 1.00. The molecule has 0 bridgehead atoms. The highest BCUT2D eigenvalue weighted by atomic mass is 32.2. The van der Waals surface area contributed by atoms with Gasteiger partial charge in [-0.3, -0.25) is 20.4 Å². The average Bonchev–Trinajstić information content (AvgIpc) is 3.06. The second-order valence-corrected chi connectivity index (χ2v) is 6.42. The number of hydrazine groups is 1. The molecule has 2 amide bonds. The van der Waals surface area contributed by atoms with Gasteiger partial charge < -0.3 is 5.84 Å². The van der Waals surface area contributed by atoms with Crippen LogP contribution in [0.4, 0.5) is 8.78 Å². The normalized spacial score (nSPS) is 10.5. The fourth-order valence-electron chi connectivity index (χ4n) is 2.14. The summed E-state index contributed by atoms with van der Waals surface area (Å²) in [6.45, 7) is 0. The van der Waals surface area contributed by atoms with Crippen LogP contribution in [-0.4, -0.2) is 32.4 Å². The molecule has 3 rings (SSSR count). The second kappa shape index (κ2) is 8.48. The lowest BCUT2D eigenvalue weighted by Gasteiger charge is -2.07. The van der Waals surface area contributed by atoms with Gasteiger partial charge in [0.05, 0.1) is 5.75 Å². The van der Waals surface area contributed by atoms with Crippen molar-refractivity contribution in [2.45, 2.75) is 5.16 Å². The molecule has 1 aromatic heterocycles. The Morgan fingerprint density at radius 3 is 2.21 bits per heavy atom. The molecule has 8 nitrogen and oxygen atoms in total. The minimum Gasteiger partial charge on any atom is -0.335 e. The number of rotatable bonds is 5. The van der Waals surface area contributed by atoms with E-state index in [1.54, 1.807) is 0 Å². The quantitative estimate of drug-likeness (QED) is 0.337. The smallest absolute Gasteiger partial charge is 0.269 e. The van der Waals surface area contributed by atoms with E-state index in [2.05, 4.69) is 21.0 Å². The summed E-state index contributed by atoms with van der Waals surface area (Å²) in [6, 6.07) is 10.4. The maximum absolute atomic E-state index is 13.0. The Morgan fingerprint density at radius 1 is 0.964 bits per heavy atom. The van der Waals surface area contributed by atoms with E-state index in [9.17, 15) is 18.4 Å². The molecule has 0 aliphatic carbocycles. The summed E-state index contributed by atoms with van der Waals surface area (Å²) in [4.78, 5) is 23.7. The number of nitrogens with two attached hydrogens (primary N) is 1. The summed E-state index contributed by atoms with van der Waals surface area (Å²) in [5, 5.41) is 8.08. The molecule has 2 aromatic carbocycles. The summed E-state index contributed by atoms with van der Waals surface area (Å²) in [6.07, 6.45) is 0. The molecule has 4 N–H and O–H groups in total. The molecule has 0 aliphatic heterocycles. The highest BCUT2D eigenvalue weighted by molar-refractivity contribution is 7.99. The summed E-state index contributed by atoms with van der Waals surface area (Å²) in [5.74, 6) is 4.18. The van der Waals surface area contributed by atoms with Crippen molar-refractivity contribution in [2.24, 2.45) is 0 Å². The molecular weight excluding hydrogens is 390 g/mol. The van der Waals surface area contributed by atoms with E-state index < -0.39 is 17.6 Å². The predicted octanol–water partition coefficient (Wildman–Crippen LogP) is 1.49. The van der Waals surface area contributed by atoms with Crippen molar-refractivity contribution in [3.05, 3.63) is 65.7 Å². The van der Waals surface area contributed by atoms with Crippen LogP contribution in [-0.2, 0) is 4.79 Å². The van der Waals surface area contributed by atoms with Gasteiger partial charge in [-0.1, -0.05) is 11.8 Å². The van der Waals surface area contributed by atoms with E-state index >= 15 is 0 Å². The first-order valence-corrected chi connectivity index (χ1v) is 8.86. The SMILES string of the molecule is Nn1c(SCC(=O)NNC(=O)c2ccc(F)cc2)nnc1-c1ccc(F)cc1. The Kier molecular flexibility index (Phi) is 5.84. The molecule has 1 heterocycles. The summed E-state index contributed by atoms with van der Waals surface area (Å²) in [7, 11) is 0. The number of hydrogen-bond acceptors (Lipinski definition) is 6. The average molecular weight is 404 g/mol. The minimum atomic E-state index is -0.584. The third-order valence-corrected chi connectivity index (χ3v) is 4.46. The van der Waals surface area contributed by atoms with E-state index in [1.165, 1.54) is 41.1 Å². The van der Waals surface area contributed by atoms with Crippen molar-refractivity contribution in [3.8, 4) is 11.4 Å². The van der Waals surface area contributed by atoms with Crippen LogP contribution in [0.5, 0.6) is 0 Å². The maximum Gasteiger partial charge on any atom is 0.269 e. The minimum absolute atomic E-state index is 0.0948. The number of benzene rings is 2. The van der Waals surface area contributed by atoms with Gasteiger partial charge in [-0.15, -0.1) is 10.2 Å². The number of thioether (sulfide) groups is 1. The third kappa shape index (κ3) is 4.62. The Labute approximate surface area is 162 Å². The van der Waals surface area contributed by atoms with Crippen LogP contribution in [0.3, 0.4) is 0 Å². The van der Waals surface area contributed by atoms with Crippen LogP contribution >= 0.6 is 11.8 Å². The van der Waals surface area contributed by atoms with Crippen molar-refractivity contribution in [1.82, 2.24) is 25.7 Å². The van der Waals surface area contributed by atoms with Gasteiger partial charge in [-0.2, -0.15) is 0 Å². The molecule has 3 aromatic rings. The highest BCUT2D eigenvalue weighted by Gasteiger charge is 2.14. The van der Waals surface area contributed by atoms with Crippen LogP contribution < -0.4 is 16.7 Å². The predicted molar refractivity (Wildman–Crippen MR) is 98.3 cm³/mol. The first kappa shape index (κ1) is 19.3. The lowest BCUT2D eigenvalue weighted by molar-refractivity contribution is -0.119. The molecule has 28 heavy (non-hydrogen) atoms. The van der Waals surface area contributed by atoms with Crippen molar-refractivity contribution in [3.63, 3.8) is 0 Å². The number of carbonyl (C=O) groups is 2.